The van der Waals surface area contributed by atoms with Crippen molar-refractivity contribution in [2.24, 2.45) is 5.10 Å². The van der Waals surface area contributed by atoms with Crippen LogP contribution in [0.25, 0.3) is 20.7 Å². The Morgan fingerprint density at radius 1 is 1.17 bits per heavy atom. The molecule has 0 fully saturated rings. The van der Waals surface area contributed by atoms with E-state index in [0.717, 1.165) is 10.4 Å². The molecule has 1 N–H and O–H groups in total. The summed E-state index contributed by atoms with van der Waals surface area (Å²) in [6.07, 6.45) is 2.76. The Morgan fingerprint density at radius 3 is 2.69 bits per heavy atom. The van der Waals surface area contributed by atoms with E-state index in [1.165, 1.54) is 52.7 Å². The molecule has 0 saturated heterocycles. The van der Waals surface area contributed by atoms with Gasteiger partial charge in [-0.2, -0.15) is 5.10 Å². The number of hydrogen-bond acceptors (Lipinski definition) is 5. The Labute approximate surface area is 169 Å². The van der Waals surface area contributed by atoms with Crippen LogP contribution in [0.15, 0.2) is 76.9 Å². The van der Waals surface area contributed by atoms with Crippen LogP contribution in [0.4, 0.5) is 4.39 Å². The van der Waals surface area contributed by atoms with Crippen LogP contribution in [0.1, 0.15) is 5.56 Å². The first-order chi connectivity index (χ1) is 14.1. The smallest absolute Gasteiger partial charge is 0.262 e. The van der Waals surface area contributed by atoms with Gasteiger partial charge in [-0.1, -0.05) is 42.5 Å². The molecule has 0 aliphatic carbocycles. The number of carbonyl (C=O) groups excluding carboxylic acids is 1. The fourth-order valence-electron chi connectivity index (χ4n) is 2.73. The molecule has 144 valence electrons. The molecule has 1 amide bonds. The highest BCUT2D eigenvalue weighted by Gasteiger charge is 2.12. The van der Waals surface area contributed by atoms with Crippen molar-refractivity contribution in [3.05, 3.63) is 88.7 Å². The maximum atomic E-state index is 12.9. The molecule has 8 heteroatoms. The number of hydrogen-bond donors (Lipinski definition) is 1. The van der Waals surface area contributed by atoms with Crippen LogP contribution < -0.4 is 11.0 Å². The van der Waals surface area contributed by atoms with Gasteiger partial charge in [0, 0.05) is 4.88 Å². The van der Waals surface area contributed by atoms with E-state index in [4.69, 9.17) is 0 Å². The molecule has 0 radical (unpaired) electrons. The molecule has 4 aromatic rings. The standard InChI is InChI=1S/C21H15FN4O2S/c22-16-8-6-14(7-9-16)11-24-25-19(27)12-26-13-23-20-17(21(26)28)10-18(29-20)15-4-2-1-3-5-15/h1-11,13H,12H2,(H,25,27)/b24-11-. The molecule has 0 aliphatic heterocycles. The van der Waals surface area contributed by atoms with Gasteiger partial charge in [-0.15, -0.1) is 11.3 Å². The maximum absolute atomic E-state index is 12.9. The van der Waals surface area contributed by atoms with E-state index in [0.29, 0.717) is 15.8 Å². The second kappa shape index (κ2) is 8.15. The van der Waals surface area contributed by atoms with Crippen LogP contribution in [-0.2, 0) is 11.3 Å². The number of nitrogens with one attached hydrogen (secondary N) is 1. The zero-order valence-electron chi connectivity index (χ0n) is 15.1. The van der Waals surface area contributed by atoms with Crippen molar-refractivity contribution in [1.82, 2.24) is 15.0 Å². The monoisotopic (exact) mass is 406 g/mol. The Hall–Kier alpha value is -3.65. The molecule has 0 atom stereocenters. The molecule has 0 spiro atoms. The molecule has 0 aliphatic rings. The van der Waals surface area contributed by atoms with E-state index in [9.17, 15) is 14.0 Å². The van der Waals surface area contributed by atoms with Crippen molar-refractivity contribution in [3.63, 3.8) is 0 Å². The summed E-state index contributed by atoms with van der Waals surface area (Å²) < 4.78 is 14.1. The second-order valence-corrected chi connectivity index (χ2v) is 7.25. The SMILES string of the molecule is O=C(Cn1cnc2sc(-c3ccccc3)cc2c1=O)N/N=C\c1ccc(F)cc1. The van der Waals surface area contributed by atoms with Crippen molar-refractivity contribution in [2.45, 2.75) is 6.54 Å². The third kappa shape index (κ3) is 4.27. The quantitative estimate of drug-likeness (QED) is 0.408. The summed E-state index contributed by atoms with van der Waals surface area (Å²) in [6, 6.07) is 17.2. The number of amides is 1. The van der Waals surface area contributed by atoms with Gasteiger partial charge in [-0.3, -0.25) is 14.2 Å². The largest absolute Gasteiger partial charge is 0.289 e. The Morgan fingerprint density at radius 2 is 1.93 bits per heavy atom. The topological polar surface area (TPSA) is 76.3 Å². The first kappa shape index (κ1) is 18.7. The van der Waals surface area contributed by atoms with E-state index < -0.39 is 5.91 Å². The fourth-order valence-corrected chi connectivity index (χ4v) is 3.73. The average Bonchev–Trinajstić information content (AvgIpc) is 3.18. The van der Waals surface area contributed by atoms with Gasteiger partial charge in [0.05, 0.1) is 17.9 Å². The number of hydrazone groups is 1. The highest BCUT2D eigenvalue weighted by molar-refractivity contribution is 7.21. The van der Waals surface area contributed by atoms with Crippen LogP contribution >= 0.6 is 11.3 Å². The molecular weight excluding hydrogens is 391 g/mol. The summed E-state index contributed by atoms with van der Waals surface area (Å²) in [7, 11) is 0. The van der Waals surface area contributed by atoms with Crippen molar-refractivity contribution >= 4 is 33.7 Å². The Kier molecular flexibility index (Phi) is 5.26. The van der Waals surface area contributed by atoms with Crippen molar-refractivity contribution < 1.29 is 9.18 Å². The molecule has 0 bridgehead atoms. The fraction of sp³-hybridized carbons (Fsp3) is 0.0476. The van der Waals surface area contributed by atoms with Crippen LogP contribution in [0.3, 0.4) is 0 Å². The summed E-state index contributed by atoms with van der Waals surface area (Å²) in [6.45, 7) is -0.209. The van der Waals surface area contributed by atoms with Gasteiger partial charge in [0.1, 0.15) is 17.2 Å². The van der Waals surface area contributed by atoms with Gasteiger partial charge >= 0.3 is 0 Å². The van der Waals surface area contributed by atoms with Gasteiger partial charge in [0.15, 0.2) is 0 Å². The van der Waals surface area contributed by atoms with Gasteiger partial charge < -0.3 is 0 Å². The van der Waals surface area contributed by atoms with Crippen LogP contribution in [0.2, 0.25) is 0 Å². The van der Waals surface area contributed by atoms with Crippen molar-refractivity contribution in [3.8, 4) is 10.4 Å². The number of halogens is 1. The summed E-state index contributed by atoms with van der Waals surface area (Å²) in [5.74, 6) is -0.817. The Bertz CT molecular complexity index is 1250. The summed E-state index contributed by atoms with van der Waals surface area (Å²) in [5, 5.41) is 4.29. The number of fused-ring (bicyclic) bond motifs is 1. The summed E-state index contributed by atoms with van der Waals surface area (Å²) >= 11 is 1.43. The predicted molar refractivity (Wildman–Crippen MR) is 111 cm³/mol. The first-order valence-electron chi connectivity index (χ1n) is 8.72. The average molecular weight is 406 g/mol. The number of rotatable bonds is 5. The van der Waals surface area contributed by atoms with Gasteiger partial charge in [-0.05, 0) is 29.3 Å². The zero-order valence-corrected chi connectivity index (χ0v) is 15.9. The van der Waals surface area contributed by atoms with Crippen LogP contribution in [0, 0.1) is 5.82 Å². The third-order valence-electron chi connectivity index (χ3n) is 4.16. The minimum atomic E-state index is -0.467. The Balaban J connectivity index is 1.49. The normalized spacial score (nSPS) is 11.2. The number of thiophene rings is 1. The third-order valence-corrected chi connectivity index (χ3v) is 5.26. The number of nitrogens with zero attached hydrogens (tertiary/aromatic N) is 3. The molecule has 4 rings (SSSR count). The number of benzene rings is 2. The lowest BCUT2D eigenvalue weighted by atomic mass is 10.2. The van der Waals surface area contributed by atoms with E-state index in [1.807, 2.05) is 30.3 Å². The van der Waals surface area contributed by atoms with Gasteiger partial charge in [0.2, 0.25) is 0 Å². The second-order valence-electron chi connectivity index (χ2n) is 6.22. The van der Waals surface area contributed by atoms with Crippen LogP contribution in [-0.4, -0.2) is 21.7 Å². The lowest BCUT2D eigenvalue weighted by molar-refractivity contribution is -0.121. The van der Waals surface area contributed by atoms with Gasteiger partial charge in [-0.25, -0.2) is 14.8 Å². The molecular formula is C21H15FN4O2S. The maximum Gasteiger partial charge on any atom is 0.262 e. The molecule has 0 unspecified atom stereocenters. The molecule has 6 nitrogen and oxygen atoms in total. The minimum absolute atomic E-state index is 0.209. The molecule has 0 saturated carbocycles. The highest BCUT2D eigenvalue weighted by atomic mass is 32.1. The van der Waals surface area contributed by atoms with Crippen molar-refractivity contribution in [1.29, 1.82) is 0 Å². The molecule has 2 heterocycles. The lowest BCUT2D eigenvalue weighted by Gasteiger charge is -2.03. The van der Waals surface area contributed by atoms with E-state index >= 15 is 0 Å². The van der Waals surface area contributed by atoms with E-state index in [-0.39, 0.29) is 17.9 Å². The first-order valence-corrected chi connectivity index (χ1v) is 9.54. The lowest BCUT2D eigenvalue weighted by Crippen LogP contribution is -2.29. The summed E-state index contributed by atoms with van der Waals surface area (Å²) in [4.78, 5) is 30.7. The zero-order chi connectivity index (χ0) is 20.2. The summed E-state index contributed by atoms with van der Waals surface area (Å²) in [5.41, 5.74) is 3.71. The van der Waals surface area contributed by atoms with Crippen molar-refractivity contribution in [2.75, 3.05) is 0 Å². The van der Waals surface area contributed by atoms with E-state index in [2.05, 4.69) is 15.5 Å². The van der Waals surface area contributed by atoms with Crippen LogP contribution in [0.5, 0.6) is 0 Å². The van der Waals surface area contributed by atoms with Gasteiger partial charge in [0.25, 0.3) is 11.5 Å². The minimum Gasteiger partial charge on any atom is -0.289 e. The molecule has 2 aromatic carbocycles. The number of carbonyl (C=O) groups is 1. The molecule has 29 heavy (non-hydrogen) atoms. The highest BCUT2D eigenvalue weighted by Crippen LogP contribution is 2.30. The molecule has 2 aromatic heterocycles. The predicted octanol–water partition coefficient (Wildman–Crippen LogP) is 3.41. The van der Waals surface area contributed by atoms with E-state index in [1.54, 1.807) is 6.07 Å². The number of aromatic nitrogens is 2.